The molecule has 1 atom stereocenters. The molecule has 0 amide bonds. The number of nitrogens with zero attached hydrogens (tertiary/aromatic N) is 4. The van der Waals surface area contributed by atoms with E-state index in [9.17, 15) is 0 Å². The Balaban J connectivity index is 2.27. The van der Waals surface area contributed by atoms with Gasteiger partial charge in [0, 0.05) is 13.1 Å². The number of aliphatic hydroxyl groups excluding tert-OH is 1. The lowest BCUT2D eigenvalue weighted by Crippen LogP contribution is -2.45. The predicted octanol–water partition coefficient (Wildman–Crippen LogP) is -1.23. The van der Waals surface area contributed by atoms with Gasteiger partial charge in [-0.1, -0.05) is 5.16 Å². The summed E-state index contributed by atoms with van der Waals surface area (Å²) >= 11 is 0. The molecule has 1 aliphatic heterocycles. The summed E-state index contributed by atoms with van der Waals surface area (Å²) < 4.78 is 5.35. The third-order valence-electron chi connectivity index (χ3n) is 2.73. The van der Waals surface area contributed by atoms with Crippen LogP contribution >= 0.6 is 0 Å². The molecule has 8 heteroatoms. The molecule has 1 fully saturated rings. The maximum atomic E-state index is 9.10. The topological polar surface area (TPSA) is 117 Å². The molecule has 18 heavy (non-hydrogen) atoms. The van der Waals surface area contributed by atoms with Crippen LogP contribution in [0.1, 0.15) is 5.56 Å². The molecule has 2 heterocycles. The first-order valence-electron chi connectivity index (χ1n) is 5.53. The molecule has 1 aliphatic rings. The highest BCUT2D eigenvalue weighted by molar-refractivity contribution is 6.01. The van der Waals surface area contributed by atoms with Gasteiger partial charge in [-0.3, -0.25) is 0 Å². The fourth-order valence-corrected chi connectivity index (χ4v) is 1.83. The second-order valence-electron chi connectivity index (χ2n) is 3.88. The first-order chi connectivity index (χ1) is 8.76. The fraction of sp³-hybridized carbons (Fsp3) is 0.500. The lowest BCUT2D eigenvalue weighted by Gasteiger charge is -2.33. The summed E-state index contributed by atoms with van der Waals surface area (Å²) in [6.45, 7) is 1.52. The van der Waals surface area contributed by atoms with Gasteiger partial charge in [-0.25, -0.2) is 0 Å². The highest BCUT2D eigenvalue weighted by atomic mass is 16.5. The number of amidine groups is 1. The Morgan fingerprint density at radius 1 is 1.67 bits per heavy atom. The summed E-state index contributed by atoms with van der Waals surface area (Å²) in [7, 11) is 0. The molecule has 0 bridgehead atoms. The molecular formula is C10H15N5O3. The standard InChI is InChI=1S/C10H15N5O3/c11-9(14-17)8-1-2-12-13-10(8)15-3-4-18-7(5-15)6-16/h1-2,7,16-17H,3-6H2,(H2,11,14). The minimum absolute atomic E-state index is 0.0214. The van der Waals surface area contributed by atoms with Gasteiger partial charge in [-0.05, 0) is 6.07 Å². The summed E-state index contributed by atoms with van der Waals surface area (Å²) in [5.41, 5.74) is 6.10. The highest BCUT2D eigenvalue weighted by Crippen LogP contribution is 2.18. The number of aliphatic hydroxyl groups is 1. The maximum Gasteiger partial charge on any atom is 0.173 e. The van der Waals surface area contributed by atoms with Crippen molar-refractivity contribution in [1.29, 1.82) is 0 Å². The number of aromatic nitrogens is 2. The van der Waals surface area contributed by atoms with Crippen molar-refractivity contribution >= 4 is 11.7 Å². The van der Waals surface area contributed by atoms with E-state index in [-0.39, 0.29) is 18.5 Å². The van der Waals surface area contributed by atoms with Gasteiger partial charge < -0.3 is 25.7 Å². The second kappa shape index (κ2) is 5.61. The van der Waals surface area contributed by atoms with Crippen LogP contribution in [0.3, 0.4) is 0 Å². The summed E-state index contributed by atoms with van der Waals surface area (Å²) in [5, 5.41) is 28.6. The number of anilines is 1. The van der Waals surface area contributed by atoms with Crippen molar-refractivity contribution in [3.8, 4) is 0 Å². The smallest absolute Gasteiger partial charge is 0.173 e. The van der Waals surface area contributed by atoms with Crippen LogP contribution in [-0.2, 0) is 4.74 Å². The molecule has 8 nitrogen and oxygen atoms in total. The zero-order chi connectivity index (χ0) is 13.0. The van der Waals surface area contributed by atoms with Crippen LogP contribution in [0.4, 0.5) is 5.82 Å². The van der Waals surface area contributed by atoms with Crippen LogP contribution < -0.4 is 10.6 Å². The number of oxime groups is 1. The van der Waals surface area contributed by atoms with Gasteiger partial charge in [0.2, 0.25) is 0 Å². The van der Waals surface area contributed by atoms with Crippen LogP contribution in [0.15, 0.2) is 17.4 Å². The number of hydrogen-bond acceptors (Lipinski definition) is 7. The monoisotopic (exact) mass is 253 g/mol. The van der Waals surface area contributed by atoms with E-state index in [0.29, 0.717) is 31.1 Å². The van der Waals surface area contributed by atoms with Crippen LogP contribution in [0, 0.1) is 0 Å². The number of hydrogen-bond donors (Lipinski definition) is 3. The molecule has 2 rings (SSSR count). The lowest BCUT2D eigenvalue weighted by atomic mass is 10.2. The maximum absolute atomic E-state index is 9.10. The summed E-state index contributed by atoms with van der Waals surface area (Å²) in [6.07, 6.45) is 1.21. The average molecular weight is 253 g/mol. The van der Waals surface area contributed by atoms with E-state index < -0.39 is 0 Å². The van der Waals surface area contributed by atoms with Gasteiger partial charge >= 0.3 is 0 Å². The third-order valence-corrected chi connectivity index (χ3v) is 2.73. The van der Waals surface area contributed by atoms with Crippen molar-refractivity contribution in [3.63, 3.8) is 0 Å². The van der Waals surface area contributed by atoms with Crippen LogP contribution in [0.5, 0.6) is 0 Å². The number of ether oxygens (including phenoxy) is 1. The van der Waals surface area contributed by atoms with Crippen molar-refractivity contribution < 1.29 is 15.1 Å². The number of rotatable bonds is 3. The fourth-order valence-electron chi connectivity index (χ4n) is 1.83. The molecule has 0 aliphatic carbocycles. The molecule has 1 aromatic rings. The average Bonchev–Trinajstić information content (AvgIpc) is 2.46. The van der Waals surface area contributed by atoms with Crippen LogP contribution in [0.2, 0.25) is 0 Å². The molecule has 1 aromatic heterocycles. The predicted molar refractivity (Wildman–Crippen MR) is 63.6 cm³/mol. The SMILES string of the molecule is N/C(=N/O)c1ccnnc1N1CCOC(CO)C1. The zero-order valence-corrected chi connectivity index (χ0v) is 9.73. The Morgan fingerprint density at radius 2 is 2.50 bits per heavy atom. The van der Waals surface area contributed by atoms with Gasteiger partial charge in [0.25, 0.3) is 0 Å². The number of nitrogens with two attached hydrogens (primary N) is 1. The molecule has 1 saturated heterocycles. The van der Waals surface area contributed by atoms with E-state index in [2.05, 4.69) is 15.4 Å². The summed E-state index contributed by atoms with van der Waals surface area (Å²) in [6, 6.07) is 1.63. The first-order valence-corrected chi connectivity index (χ1v) is 5.53. The second-order valence-corrected chi connectivity index (χ2v) is 3.88. The van der Waals surface area contributed by atoms with Crippen molar-refractivity contribution in [2.75, 3.05) is 31.2 Å². The van der Waals surface area contributed by atoms with E-state index >= 15 is 0 Å². The van der Waals surface area contributed by atoms with E-state index in [4.69, 9.17) is 20.8 Å². The minimum Gasteiger partial charge on any atom is -0.409 e. The van der Waals surface area contributed by atoms with Gasteiger partial charge in [0.05, 0.1) is 31.1 Å². The number of morpholine rings is 1. The minimum atomic E-state index is -0.263. The van der Waals surface area contributed by atoms with E-state index in [1.54, 1.807) is 6.07 Å². The van der Waals surface area contributed by atoms with Crippen molar-refractivity contribution in [2.45, 2.75) is 6.10 Å². The molecular weight excluding hydrogens is 238 g/mol. The Hall–Kier alpha value is -1.93. The largest absolute Gasteiger partial charge is 0.409 e. The van der Waals surface area contributed by atoms with E-state index in [1.807, 2.05) is 4.90 Å². The zero-order valence-electron chi connectivity index (χ0n) is 9.73. The normalized spacial score (nSPS) is 21.1. The van der Waals surface area contributed by atoms with Crippen LogP contribution in [0.25, 0.3) is 0 Å². The van der Waals surface area contributed by atoms with Crippen LogP contribution in [-0.4, -0.2) is 58.8 Å². The Labute approximate surface area is 104 Å². The quantitative estimate of drug-likeness (QED) is 0.267. The van der Waals surface area contributed by atoms with Gasteiger partial charge in [-0.2, -0.15) is 5.10 Å². The highest BCUT2D eigenvalue weighted by Gasteiger charge is 2.23. The molecule has 0 aromatic carbocycles. The van der Waals surface area contributed by atoms with Crippen molar-refractivity contribution in [2.24, 2.45) is 10.9 Å². The van der Waals surface area contributed by atoms with Crippen molar-refractivity contribution in [3.05, 3.63) is 17.8 Å². The molecule has 0 spiro atoms. The van der Waals surface area contributed by atoms with Gasteiger partial charge in [0.15, 0.2) is 11.7 Å². The molecule has 4 N–H and O–H groups in total. The molecule has 0 radical (unpaired) electrons. The molecule has 0 saturated carbocycles. The summed E-state index contributed by atoms with van der Waals surface area (Å²) in [4.78, 5) is 1.89. The Bertz CT molecular complexity index is 439. The Morgan fingerprint density at radius 3 is 3.22 bits per heavy atom. The third kappa shape index (κ3) is 2.49. The first kappa shape index (κ1) is 12.5. The van der Waals surface area contributed by atoms with Gasteiger partial charge in [-0.15, -0.1) is 5.10 Å². The summed E-state index contributed by atoms with van der Waals surface area (Å²) in [5.74, 6) is 0.501. The molecule has 1 unspecified atom stereocenters. The Kier molecular flexibility index (Phi) is 3.90. The van der Waals surface area contributed by atoms with Crippen molar-refractivity contribution in [1.82, 2.24) is 10.2 Å². The molecule has 98 valence electrons. The van der Waals surface area contributed by atoms with E-state index in [1.165, 1.54) is 6.20 Å². The lowest BCUT2D eigenvalue weighted by molar-refractivity contribution is 0.00331. The van der Waals surface area contributed by atoms with E-state index in [0.717, 1.165) is 0 Å². The van der Waals surface area contributed by atoms with Gasteiger partial charge in [0.1, 0.15) is 0 Å².